The molecule has 0 radical (unpaired) electrons. The number of ether oxygens (including phenoxy) is 1. The van der Waals surface area contributed by atoms with Crippen LogP contribution in [0.4, 0.5) is 0 Å². The highest BCUT2D eigenvalue weighted by molar-refractivity contribution is 7.12. The van der Waals surface area contributed by atoms with E-state index in [4.69, 9.17) is 4.74 Å². The quantitative estimate of drug-likeness (QED) is 0.731. The molecule has 2 rings (SSSR count). The Kier molecular flexibility index (Phi) is 3.07. The number of hydrogen-bond acceptors (Lipinski definition) is 3. The summed E-state index contributed by atoms with van der Waals surface area (Å²) in [4.78, 5) is 14.7. The molecule has 4 heteroatoms. The lowest BCUT2D eigenvalue weighted by Crippen LogP contribution is -2.48. The zero-order valence-electron chi connectivity index (χ0n) is 8.97. The summed E-state index contributed by atoms with van der Waals surface area (Å²) in [7, 11) is 0. The second kappa shape index (κ2) is 4.33. The van der Waals surface area contributed by atoms with Crippen LogP contribution >= 0.6 is 11.3 Å². The number of hydrogen-bond donors (Lipinski definition) is 0. The molecule has 0 N–H and O–H groups in total. The van der Waals surface area contributed by atoms with Gasteiger partial charge in [0, 0.05) is 13.1 Å². The Labute approximate surface area is 93.7 Å². The van der Waals surface area contributed by atoms with Gasteiger partial charge in [0.2, 0.25) is 0 Å². The number of thiophene rings is 1. The number of nitrogens with zero attached hydrogens (tertiary/aromatic N) is 1. The van der Waals surface area contributed by atoms with Crippen molar-refractivity contribution in [3.05, 3.63) is 22.4 Å². The van der Waals surface area contributed by atoms with Gasteiger partial charge in [-0.05, 0) is 25.3 Å². The van der Waals surface area contributed by atoms with Gasteiger partial charge in [0.05, 0.1) is 17.1 Å². The van der Waals surface area contributed by atoms with Gasteiger partial charge < -0.3 is 9.64 Å². The van der Waals surface area contributed by atoms with Gasteiger partial charge in [-0.25, -0.2) is 0 Å². The number of carbonyl (C=O) groups is 1. The van der Waals surface area contributed by atoms with Crippen LogP contribution in [-0.4, -0.2) is 36.1 Å². The van der Waals surface area contributed by atoms with E-state index in [-0.39, 0.29) is 18.1 Å². The molecule has 2 heterocycles. The predicted molar refractivity (Wildman–Crippen MR) is 60.2 cm³/mol. The molecule has 15 heavy (non-hydrogen) atoms. The van der Waals surface area contributed by atoms with E-state index in [1.165, 1.54) is 11.3 Å². The molecule has 2 atom stereocenters. The van der Waals surface area contributed by atoms with E-state index in [0.29, 0.717) is 13.1 Å². The molecule has 1 fully saturated rings. The van der Waals surface area contributed by atoms with Gasteiger partial charge in [0.25, 0.3) is 5.91 Å². The highest BCUT2D eigenvalue weighted by atomic mass is 32.1. The van der Waals surface area contributed by atoms with Crippen LogP contribution < -0.4 is 0 Å². The fourth-order valence-electron chi connectivity index (χ4n) is 1.90. The Morgan fingerprint density at radius 1 is 1.47 bits per heavy atom. The average molecular weight is 225 g/mol. The molecule has 1 aliphatic rings. The average Bonchev–Trinajstić information content (AvgIpc) is 2.67. The molecule has 0 unspecified atom stereocenters. The SMILES string of the molecule is C[C@@H]1CN(C(=O)c2cccs2)C[C@H](C)O1. The number of amides is 1. The summed E-state index contributed by atoms with van der Waals surface area (Å²) in [5, 5.41) is 1.93. The summed E-state index contributed by atoms with van der Waals surface area (Å²) >= 11 is 1.50. The van der Waals surface area contributed by atoms with Crippen LogP contribution in [0.2, 0.25) is 0 Å². The summed E-state index contributed by atoms with van der Waals surface area (Å²) in [5.74, 6) is 0.131. The molecule has 3 nitrogen and oxygen atoms in total. The molecule has 1 aromatic heterocycles. The van der Waals surface area contributed by atoms with Crippen LogP contribution in [0.5, 0.6) is 0 Å². The van der Waals surface area contributed by atoms with Crippen molar-refractivity contribution in [1.29, 1.82) is 0 Å². The van der Waals surface area contributed by atoms with E-state index in [1.54, 1.807) is 0 Å². The summed E-state index contributed by atoms with van der Waals surface area (Å²) in [6.07, 6.45) is 0.273. The third-order valence-corrected chi connectivity index (χ3v) is 3.30. The summed E-state index contributed by atoms with van der Waals surface area (Å²) in [5.41, 5.74) is 0. The van der Waals surface area contributed by atoms with Gasteiger partial charge in [0.15, 0.2) is 0 Å². The Morgan fingerprint density at radius 2 is 2.13 bits per heavy atom. The van der Waals surface area contributed by atoms with Crippen LogP contribution in [0.3, 0.4) is 0 Å². The molecule has 0 saturated carbocycles. The molecular formula is C11H15NO2S. The molecule has 0 aliphatic carbocycles. The van der Waals surface area contributed by atoms with Crippen molar-refractivity contribution >= 4 is 17.2 Å². The van der Waals surface area contributed by atoms with E-state index >= 15 is 0 Å². The first-order valence-corrected chi connectivity index (χ1v) is 6.03. The Bertz CT molecular complexity index is 326. The van der Waals surface area contributed by atoms with E-state index in [2.05, 4.69) is 0 Å². The van der Waals surface area contributed by atoms with Crippen molar-refractivity contribution in [3.8, 4) is 0 Å². The van der Waals surface area contributed by atoms with Crippen molar-refractivity contribution in [2.45, 2.75) is 26.1 Å². The maximum atomic E-state index is 12.0. The zero-order chi connectivity index (χ0) is 10.8. The van der Waals surface area contributed by atoms with E-state index in [1.807, 2.05) is 36.3 Å². The number of carbonyl (C=O) groups excluding carboxylic acids is 1. The maximum absolute atomic E-state index is 12.0. The smallest absolute Gasteiger partial charge is 0.264 e. The predicted octanol–water partition coefficient (Wildman–Crippen LogP) is 2.00. The van der Waals surface area contributed by atoms with Gasteiger partial charge >= 0.3 is 0 Å². The van der Waals surface area contributed by atoms with Crippen molar-refractivity contribution in [2.24, 2.45) is 0 Å². The Hall–Kier alpha value is -0.870. The molecule has 0 aromatic carbocycles. The number of rotatable bonds is 1. The molecular weight excluding hydrogens is 210 g/mol. The molecule has 1 amide bonds. The third kappa shape index (κ3) is 2.38. The molecule has 1 aliphatic heterocycles. The highest BCUT2D eigenvalue weighted by Crippen LogP contribution is 2.17. The monoisotopic (exact) mass is 225 g/mol. The van der Waals surface area contributed by atoms with Gasteiger partial charge in [-0.3, -0.25) is 4.79 Å². The standard InChI is InChI=1S/C11H15NO2S/c1-8-6-12(7-9(2)14-8)11(13)10-4-3-5-15-10/h3-5,8-9H,6-7H2,1-2H3/t8-,9+. The van der Waals surface area contributed by atoms with Gasteiger partial charge in [-0.15, -0.1) is 11.3 Å². The van der Waals surface area contributed by atoms with Crippen molar-refractivity contribution in [1.82, 2.24) is 4.90 Å². The van der Waals surface area contributed by atoms with Crippen molar-refractivity contribution in [3.63, 3.8) is 0 Å². The minimum atomic E-state index is 0.131. The first kappa shape index (κ1) is 10.6. The molecule has 0 spiro atoms. The Morgan fingerprint density at radius 3 is 2.67 bits per heavy atom. The maximum Gasteiger partial charge on any atom is 0.264 e. The molecule has 1 saturated heterocycles. The number of morpholine rings is 1. The van der Waals surface area contributed by atoms with Gasteiger partial charge in [-0.2, -0.15) is 0 Å². The lowest BCUT2D eigenvalue weighted by atomic mass is 10.2. The lowest BCUT2D eigenvalue weighted by molar-refractivity contribution is -0.0585. The van der Waals surface area contributed by atoms with E-state index < -0.39 is 0 Å². The van der Waals surface area contributed by atoms with Crippen molar-refractivity contribution < 1.29 is 9.53 Å². The van der Waals surface area contributed by atoms with Crippen LogP contribution in [-0.2, 0) is 4.74 Å². The first-order chi connectivity index (χ1) is 7.16. The van der Waals surface area contributed by atoms with Crippen LogP contribution in [0.25, 0.3) is 0 Å². The topological polar surface area (TPSA) is 29.5 Å². The molecule has 0 bridgehead atoms. The van der Waals surface area contributed by atoms with Gasteiger partial charge in [0.1, 0.15) is 0 Å². The summed E-state index contributed by atoms with van der Waals surface area (Å²) in [6.45, 7) is 5.40. The Balaban J connectivity index is 2.07. The largest absolute Gasteiger partial charge is 0.372 e. The minimum absolute atomic E-state index is 0.131. The van der Waals surface area contributed by atoms with Crippen LogP contribution in [0, 0.1) is 0 Å². The molecule has 1 aromatic rings. The van der Waals surface area contributed by atoms with Crippen LogP contribution in [0.1, 0.15) is 23.5 Å². The zero-order valence-corrected chi connectivity index (χ0v) is 9.79. The lowest BCUT2D eigenvalue weighted by Gasteiger charge is -2.35. The summed E-state index contributed by atoms with van der Waals surface area (Å²) < 4.78 is 5.59. The second-order valence-electron chi connectivity index (χ2n) is 3.94. The fraction of sp³-hybridized carbons (Fsp3) is 0.545. The normalized spacial score (nSPS) is 26.7. The second-order valence-corrected chi connectivity index (χ2v) is 4.89. The highest BCUT2D eigenvalue weighted by Gasteiger charge is 2.26. The van der Waals surface area contributed by atoms with Crippen LogP contribution in [0.15, 0.2) is 17.5 Å². The third-order valence-electron chi connectivity index (χ3n) is 2.44. The van der Waals surface area contributed by atoms with Gasteiger partial charge in [-0.1, -0.05) is 6.07 Å². The van der Waals surface area contributed by atoms with E-state index in [0.717, 1.165) is 4.88 Å². The molecule has 82 valence electrons. The van der Waals surface area contributed by atoms with E-state index in [9.17, 15) is 4.79 Å². The first-order valence-electron chi connectivity index (χ1n) is 5.15. The van der Waals surface area contributed by atoms with Crippen molar-refractivity contribution in [2.75, 3.05) is 13.1 Å². The summed E-state index contributed by atoms with van der Waals surface area (Å²) in [6, 6.07) is 3.78. The minimum Gasteiger partial charge on any atom is -0.372 e. The fourth-order valence-corrected chi connectivity index (χ4v) is 2.59.